The molecule has 1 aliphatic heterocycles. The lowest BCUT2D eigenvalue weighted by Gasteiger charge is -2.36. The summed E-state index contributed by atoms with van der Waals surface area (Å²) >= 11 is 0. The van der Waals surface area contributed by atoms with Crippen molar-refractivity contribution in [2.45, 2.75) is 25.8 Å². The lowest BCUT2D eigenvalue weighted by Crippen LogP contribution is -2.50. The van der Waals surface area contributed by atoms with Gasteiger partial charge >= 0.3 is 0 Å². The number of hydrogen-bond acceptors (Lipinski definition) is 4. The van der Waals surface area contributed by atoms with E-state index in [4.69, 9.17) is 16.2 Å². The van der Waals surface area contributed by atoms with Crippen LogP contribution in [0.4, 0.5) is 5.69 Å². The molecule has 21 heavy (non-hydrogen) atoms. The van der Waals surface area contributed by atoms with E-state index >= 15 is 0 Å². The number of hydrogen-bond donors (Lipinski definition) is 2. The summed E-state index contributed by atoms with van der Waals surface area (Å²) in [5, 5.41) is 0. The van der Waals surface area contributed by atoms with Crippen LogP contribution in [0, 0.1) is 5.92 Å². The fourth-order valence-corrected chi connectivity index (χ4v) is 2.52. The molecular formula is C15H21N3O3. The van der Waals surface area contributed by atoms with Gasteiger partial charge in [0.05, 0.1) is 5.92 Å². The number of anilines is 1. The monoisotopic (exact) mass is 291 g/mol. The van der Waals surface area contributed by atoms with Gasteiger partial charge in [0.25, 0.3) is 5.91 Å². The second-order valence-electron chi connectivity index (χ2n) is 5.43. The quantitative estimate of drug-likeness (QED) is 0.800. The first-order valence-corrected chi connectivity index (χ1v) is 7.04. The molecule has 0 aliphatic carbocycles. The minimum atomic E-state index is -0.351. The van der Waals surface area contributed by atoms with Crippen molar-refractivity contribution in [3.8, 4) is 5.75 Å². The highest BCUT2D eigenvalue weighted by atomic mass is 16.5. The smallest absolute Gasteiger partial charge is 0.260 e. The van der Waals surface area contributed by atoms with Gasteiger partial charge in [0.2, 0.25) is 5.91 Å². The van der Waals surface area contributed by atoms with Gasteiger partial charge in [0.15, 0.2) is 6.61 Å². The number of nitrogen functional groups attached to an aromatic ring is 1. The van der Waals surface area contributed by atoms with Crippen LogP contribution in [0.1, 0.15) is 19.8 Å². The van der Waals surface area contributed by atoms with E-state index in [0.29, 0.717) is 18.0 Å². The van der Waals surface area contributed by atoms with Crippen molar-refractivity contribution >= 4 is 17.5 Å². The number of rotatable bonds is 4. The first-order valence-electron chi connectivity index (χ1n) is 7.04. The number of piperidine rings is 1. The van der Waals surface area contributed by atoms with E-state index in [1.807, 2.05) is 6.92 Å². The third kappa shape index (κ3) is 3.87. The molecule has 6 nitrogen and oxygen atoms in total. The number of benzene rings is 1. The third-order valence-electron chi connectivity index (χ3n) is 3.83. The number of ether oxygens (including phenoxy) is 1. The molecule has 2 atom stereocenters. The standard InChI is InChI=1S/C15H21N3O3/c1-10-5-6-11(15(17)20)8-18(10)14(19)9-21-13-4-2-3-12(16)7-13/h2-4,7,10-11H,5-6,8-9,16H2,1H3,(H2,17,20). The number of carbonyl (C=O) groups is 2. The highest BCUT2D eigenvalue weighted by Crippen LogP contribution is 2.22. The maximum atomic E-state index is 12.3. The summed E-state index contributed by atoms with van der Waals surface area (Å²) in [5.41, 5.74) is 11.6. The van der Waals surface area contributed by atoms with Gasteiger partial charge in [0, 0.05) is 24.3 Å². The van der Waals surface area contributed by atoms with E-state index in [1.54, 1.807) is 29.2 Å². The zero-order valence-electron chi connectivity index (χ0n) is 12.1. The van der Waals surface area contributed by atoms with Gasteiger partial charge in [-0.3, -0.25) is 9.59 Å². The van der Waals surface area contributed by atoms with E-state index in [1.165, 1.54) is 0 Å². The molecule has 6 heteroatoms. The molecule has 0 spiro atoms. The molecule has 0 radical (unpaired) electrons. The topological polar surface area (TPSA) is 98.7 Å². The lowest BCUT2D eigenvalue weighted by molar-refractivity contribution is -0.139. The third-order valence-corrected chi connectivity index (χ3v) is 3.83. The van der Waals surface area contributed by atoms with Gasteiger partial charge in [-0.05, 0) is 31.9 Å². The van der Waals surface area contributed by atoms with Crippen molar-refractivity contribution < 1.29 is 14.3 Å². The van der Waals surface area contributed by atoms with Gasteiger partial charge in [-0.2, -0.15) is 0 Å². The predicted octanol–water partition coefficient (Wildman–Crippen LogP) is 0.760. The van der Waals surface area contributed by atoms with Gasteiger partial charge in [-0.1, -0.05) is 6.07 Å². The SMILES string of the molecule is CC1CCC(C(N)=O)CN1C(=O)COc1cccc(N)c1. The summed E-state index contributed by atoms with van der Waals surface area (Å²) in [5.74, 6) is -0.204. The molecule has 2 amide bonds. The molecule has 114 valence electrons. The highest BCUT2D eigenvalue weighted by Gasteiger charge is 2.31. The van der Waals surface area contributed by atoms with Crippen molar-refractivity contribution in [2.24, 2.45) is 11.7 Å². The Labute approximate surface area is 124 Å². The number of carbonyl (C=O) groups excluding carboxylic acids is 2. The van der Waals surface area contributed by atoms with E-state index < -0.39 is 0 Å². The first kappa shape index (κ1) is 15.2. The van der Waals surface area contributed by atoms with Crippen LogP contribution in [-0.4, -0.2) is 35.9 Å². The molecule has 1 saturated heterocycles. The molecule has 0 aromatic heterocycles. The summed E-state index contributed by atoms with van der Waals surface area (Å²) in [6, 6.07) is 7.02. The maximum absolute atomic E-state index is 12.3. The van der Waals surface area contributed by atoms with Crippen LogP contribution in [0.3, 0.4) is 0 Å². The van der Waals surface area contributed by atoms with Crippen molar-refractivity contribution in [2.75, 3.05) is 18.9 Å². The molecule has 2 rings (SSSR count). The van der Waals surface area contributed by atoms with Crippen molar-refractivity contribution in [3.05, 3.63) is 24.3 Å². The summed E-state index contributed by atoms with van der Waals surface area (Å²) in [6.45, 7) is 2.27. The fourth-order valence-electron chi connectivity index (χ4n) is 2.52. The predicted molar refractivity (Wildman–Crippen MR) is 79.4 cm³/mol. The molecule has 1 aliphatic rings. The van der Waals surface area contributed by atoms with Crippen molar-refractivity contribution in [1.82, 2.24) is 4.90 Å². The van der Waals surface area contributed by atoms with Crippen LogP contribution < -0.4 is 16.2 Å². The minimum absolute atomic E-state index is 0.0702. The van der Waals surface area contributed by atoms with Crippen molar-refractivity contribution in [3.63, 3.8) is 0 Å². The Balaban J connectivity index is 1.93. The van der Waals surface area contributed by atoms with E-state index in [2.05, 4.69) is 0 Å². The number of nitrogens with two attached hydrogens (primary N) is 2. The second-order valence-corrected chi connectivity index (χ2v) is 5.43. The van der Waals surface area contributed by atoms with Crippen LogP contribution in [0.5, 0.6) is 5.75 Å². The summed E-state index contributed by atoms with van der Waals surface area (Å²) < 4.78 is 5.46. The van der Waals surface area contributed by atoms with E-state index in [-0.39, 0.29) is 30.4 Å². The Morgan fingerprint density at radius 3 is 2.81 bits per heavy atom. The van der Waals surface area contributed by atoms with Crippen LogP contribution in [0.2, 0.25) is 0 Å². The molecule has 1 aromatic rings. The Morgan fingerprint density at radius 1 is 1.38 bits per heavy atom. The number of nitrogens with zero attached hydrogens (tertiary/aromatic N) is 1. The van der Waals surface area contributed by atoms with Crippen LogP contribution in [0.15, 0.2) is 24.3 Å². The van der Waals surface area contributed by atoms with E-state index in [9.17, 15) is 9.59 Å². The van der Waals surface area contributed by atoms with E-state index in [0.717, 1.165) is 12.8 Å². The molecule has 0 bridgehead atoms. The Bertz CT molecular complexity index is 533. The zero-order valence-corrected chi connectivity index (χ0v) is 12.1. The van der Waals surface area contributed by atoms with Crippen LogP contribution >= 0.6 is 0 Å². The van der Waals surface area contributed by atoms with Gasteiger partial charge < -0.3 is 21.1 Å². The normalized spacial score (nSPS) is 21.9. The van der Waals surface area contributed by atoms with Crippen molar-refractivity contribution in [1.29, 1.82) is 0 Å². The molecular weight excluding hydrogens is 270 g/mol. The Hall–Kier alpha value is -2.24. The number of likely N-dealkylation sites (tertiary alicyclic amines) is 1. The maximum Gasteiger partial charge on any atom is 0.260 e. The minimum Gasteiger partial charge on any atom is -0.484 e. The molecule has 2 unspecified atom stereocenters. The summed E-state index contributed by atoms with van der Waals surface area (Å²) in [4.78, 5) is 25.2. The Morgan fingerprint density at radius 2 is 2.14 bits per heavy atom. The molecule has 0 saturated carbocycles. The molecule has 1 heterocycles. The summed E-state index contributed by atoms with van der Waals surface area (Å²) in [6.07, 6.45) is 1.51. The lowest BCUT2D eigenvalue weighted by atomic mass is 9.93. The fraction of sp³-hybridized carbons (Fsp3) is 0.467. The molecule has 4 N–H and O–H groups in total. The Kier molecular flexibility index (Phi) is 4.67. The number of amides is 2. The summed E-state index contributed by atoms with van der Waals surface area (Å²) in [7, 11) is 0. The highest BCUT2D eigenvalue weighted by molar-refractivity contribution is 5.81. The molecule has 1 fully saturated rings. The second kappa shape index (κ2) is 6.47. The van der Waals surface area contributed by atoms with Gasteiger partial charge in [-0.25, -0.2) is 0 Å². The zero-order chi connectivity index (χ0) is 15.4. The molecule has 1 aromatic carbocycles. The van der Waals surface area contributed by atoms with Crippen LogP contribution in [0.25, 0.3) is 0 Å². The average Bonchev–Trinajstić information content (AvgIpc) is 2.45. The van der Waals surface area contributed by atoms with Crippen LogP contribution in [-0.2, 0) is 9.59 Å². The van der Waals surface area contributed by atoms with Gasteiger partial charge in [-0.15, -0.1) is 0 Å². The first-order chi connectivity index (χ1) is 9.97. The average molecular weight is 291 g/mol. The largest absolute Gasteiger partial charge is 0.484 e. The number of primary amides is 1. The van der Waals surface area contributed by atoms with Gasteiger partial charge in [0.1, 0.15) is 5.75 Å².